The van der Waals surface area contributed by atoms with E-state index in [-0.39, 0.29) is 11.9 Å². The van der Waals surface area contributed by atoms with Crippen molar-refractivity contribution in [1.29, 1.82) is 0 Å². The Hall–Kier alpha value is -2.36. The van der Waals surface area contributed by atoms with Gasteiger partial charge in [0.15, 0.2) is 0 Å². The van der Waals surface area contributed by atoms with Crippen LogP contribution in [0.15, 0.2) is 42.5 Å². The van der Waals surface area contributed by atoms with E-state index in [2.05, 4.69) is 5.32 Å². The Morgan fingerprint density at radius 2 is 1.70 bits per heavy atom. The first kappa shape index (κ1) is 14.2. The van der Waals surface area contributed by atoms with Crippen molar-refractivity contribution in [3.05, 3.63) is 48.0 Å². The smallest absolute Gasteiger partial charge is 0.323 e. The van der Waals surface area contributed by atoms with E-state index in [0.717, 1.165) is 48.4 Å². The zero-order valence-corrected chi connectivity index (χ0v) is 13.0. The van der Waals surface area contributed by atoms with Gasteiger partial charge in [0.25, 0.3) is 5.91 Å². The molecule has 2 aromatic rings. The number of nitrogens with zero attached hydrogens (tertiary/aromatic N) is 1. The highest BCUT2D eigenvalue weighted by molar-refractivity contribution is 6.07. The molecule has 0 unspecified atom stereocenters. The van der Waals surface area contributed by atoms with Crippen LogP contribution in [-0.2, 0) is 11.3 Å². The van der Waals surface area contributed by atoms with Crippen LogP contribution in [-0.4, -0.2) is 22.4 Å². The minimum Gasteiger partial charge on any atom is -0.323 e. The number of nitrogens with one attached hydrogen (secondary N) is 1. The lowest BCUT2D eigenvalue weighted by molar-refractivity contribution is -0.132. The molecule has 1 saturated heterocycles. The van der Waals surface area contributed by atoms with E-state index in [4.69, 9.17) is 0 Å². The molecular formula is C19H20N2O2. The summed E-state index contributed by atoms with van der Waals surface area (Å²) in [6, 6.07) is 13.9. The summed E-state index contributed by atoms with van der Waals surface area (Å²) < 4.78 is 0. The molecule has 2 fully saturated rings. The molecule has 1 spiro atoms. The van der Waals surface area contributed by atoms with Gasteiger partial charge in [0, 0.05) is 0 Å². The minimum absolute atomic E-state index is 0.0462. The number of carbonyl (C=O) groups is 2. The van der Waals surface area contributed by atoms with E-state index in [9.17, 15) is 9.59 Å². The Morgan fingerprint density at radius 1 is 0.957 bits per heavy atom. The topological polar surface area (TPSA) is 49.4 Å². The van der Waals surface area contributed by atoms with Gasteiger partial charge in [-0.15, -0.1) is 0 Å². The van der Waals surface area contributed by atoms with Crippen LogP contribution in [0.2, 0.25) is 0 Å². The molecular weight excluding hydrogens is 288 g/mol. The van der Waals surface area contributed by atoms with Crippen LogP contribution in [0.25, 0.3) is 10.8 Å². The van der Waals surface area contributed by atoms with Crippen LogP contribution in [0, 0.1) is 0 Å². The predicted octanol–water partition coefficient (Wildman–Crippen LogP) is 3.59. The molecule has 1 aliphatic carbocycles. The van der Waals surface area contributed by atoms with Gasteiger partial charge in [-0.25, -0.2) is 4.79 Å². The van der Waals surface area contributed by atoms with E-state index in [1.165, 1.54) is 4.90 Å². The summed E-state index contributed by atoms with van der Waals surface area (Å²) in [4.78, 5) is 26.7. The maximum Gasteiger partial charge on any atom is 0.325 e. The monoisotopic (exact) mass is 308 g/mol. The average Bonchev–Trinajstić information content (AvgIpc) is 2.80. The van der Waals surface area contributed by atoms with Crippen LogP contribution in [0.5, 0.6) is 0 Å². The SMILES string of the molecule is O=C1NC2(CCCCC2)C(=O)N1Cc1cccc2ccccc12. The number of amides is 3. The Morgan fingerprint density at radius 3 is 2.52 bits per heavy atom. The van der Waals surface area contributed by atoms with Gasteiger partial charge in [0.05, 0.1) is 6.54 Å². The van der Waals surface area contributed by atoms with Crippen molar-refractivity contribution >= 4 is 22.7 Å². The molecule has 4 heteroatoms. The predicted molar refractivity (Wildman–Crippen MR) is 88.8 cm³/mol. The van der Waals surface area contributed by atoms with Crippen molar-refractivity contribution in [2.24, 2.45) is 0 Å². The van der Waals surface area contributed by atoms with Gasteiger partial charge >= 0.3 is 6.03 Å². The molecule has 0 atom stereocenters. The van der Waals surface area contributed by atoms with Crippen molar-refractivity contribution in [3.63, 3.8) is 0 Å². The number of hydrogen-bond acceptors (Lipinski definition) is 2. The van der Waals surface area contributed by atoms with Gasteiger partial charge in [-0.1, -0.05) is 61.7 Å². The summed E-state index contributed by atoms with van der Waals surface area (Å²) in [7, 11) is 0. The summed E-state index contributed by atoms with van der Waals surface area (Å²) >= 11 is 0. The summed E-state index contributed by atoms with van der Waals surface area (Å²) in [6.45, 7) is 0.341. The molecule has 118 valence electrons. The van der Waals surface area contributed by atoms with E-state index < -0.39 is 5.54 Å². The van der Waals surface area contributed by atoms with Gasteiger partial charge in [-0.3, -0.25) is 9.69 Å². The van der Waals surface area contributed by atoms with Gasteiger partial charge in [-0.05, 0) is 29.2 Å². The molecule has 1 saturated carbocycles. The third-order valence-electron chi connectivity index (χ3n) is 5.16. The molecule has 3 amide bonds. The van der Waals surface area contributed by atoms with Gasteiger partial charge in [0.1, 0.15) is 5.54 Å². The first-order chi connectivity index (χ1) is 11.2. The Bertz CT molecular complexity index is 773. The molecule has 0 aromatic heterocycles. The van der Waals surface area contributed by atoms with Gasteiger partial charge < -0.3 is 5.32 Å². The highest BCUT2D eigenvalue weighted by Gasteiger charge is 2.51. The summed E-state index contributed by atoms with van der Waals surface area (Å²) in [5, 5.41) is 5.20. The number of fused-ring (bicyclic) bond motifs is 1. The van der Waals surface area contributed by atoms with E-state index >= 15 is 0 Å². The second-order valence-corrected chi connectivity index (χ2v) is 6.60. The molecule has 1 N–H and O–H groups in total. The zero-order valence-electron chi connectivity index (χ0n) is 13.0. The second-order valence-electron chi connectivity index (χ2n) is 6.60. The van der Waals surface area contributed by atoms with Crippen LogP contribution < -0.4 is 5.32 Å². The maximum absolute atomic E-state index is 12.9. The Labute approximate surface area is 135 Å². The number of urea groups is 1. The quantitative estimate of drug-likeness (QED) is 0.862. The van der Waals surface area contributed by atoms with Crippen LogP contribution in [0.1, 0.15) is 37.7 Å². The average molecular weight is 308 g/mol. The molecule has 4 rings (SSSR count). The summed E-state index contributed by atoms with van der Waals surface area (Å²) in [5.41, 5.74) is 0.374. The Kier molecular flexibility index (Phi) is 3.33. The third-order valence-corrected chi connectivity index (χ3v) is 5.16. The number of hydrogen-bond donors (Lipinski definition) is 1. The highest BCUT2D eigenvalue weighted by Crippen LogP contribution is 2.34. The van der Waals surface area contributed by atoms with Gasteiger partial charge in [-0.2, -0.15) is 0 Å². The highest BCUT2D eigenvalue weighted by atomic mass is 16.2. The molecule has 1 heterocycles. The van der Waals surface area contributed by atoms with Crippen molar-refractivity contribution < 1.29 is 9.59 Å². The van der Waals surface area contributed by atoms with Crippen molar-refractivity contribution in [2.75, 3.05) is 0 Å². The molecule has 1 aliphatic heterocycles. The summed E-state index contributed by atoms with van der Waals surface area (Å²) in [5.74, 6) is -0.0462. The molecule has 0 bridgehead atoms. The van der Waals surface area contributed by atoms with Crippen LogP contribution in [0.4, 0.5) is 4.79 Å². The molecule has 0 radical (unpaired) electrons. The lowest BCUT2D eigenvalue weighted by Crippen LogP contribution is -2.48. The lowest BCUT2D eigenvalue weighted by atomic mass is 9.82. The van der Waals surface area contributed by atoms with E-state index in [0.29, 0.717) is 6.54 Å². The number of imide groups is 1. The molecule has 23 heavy (non-hydrogen) atoms. The van der Waals surface area contributed by atoms with Crippen LogP contribution in [0.3, 0.4) is 0 Å². The normalized spacial score (nSPS) is 20.3. The third kappa shape index (κ3) is 2.29. The summed E-state index contributed by atoms with van der Waals surface area (Å²) in [6.07, 6.45) is 4.70. The number of rotatable bonds is 2. The fourth-order valence-corrected chi connectivity index (χ4v) is 3.91. The van der Waals surface area contributed by atoms with Crippen molar-refractivity contribution in [1.82, 2.24) is 10.2 Å². The fraction of sp³-hybridized carbons (Fsp3) is 0.368. The minimum atomic E-state index is -0.639. The van der Waals surface area contributed by atoms with Crippen molar-refractivity contribution in [2.45, 2.75) is 44.2 Å². The number of benzene rings is 2. The molecule has 4 nitrogen and oxygen atoms in total. The second kappa shape index (κ2) is 5.37. The van der Waals surface area contributed by atoms with Crippen molar-refractivity contribution in [3.8, 4) is 0 Å². The van der Waals surface area contributed by atoms with Crippen LogP contribution >= 0.6 is 0 Å². The fourth-order valence-electron chi connectivity index (χ4n) is 3.91. The zero-order chi connectivity index (χ0) is 15.9. The largest absolute Gasteiger partial charge is 0.325 e. The standard InChI is InChI=1S/C19H20N2O2/c22-17-19(11-4-1-5-12-19)20-18(23)21(17)13-15-9-6-8-14-7-2-3-10-16(14)15/h2-3,6-10H,1,4-5,11-13H2,(H,20,23). The van der Waals surface area contributed by atoms with E-state index in [1.807, 2.05) is 42.5 Å². The molecule has 2 aromatic carbocycles. The number of carbonyl (C=O) groups excluding carboxylic acids is 2. The maximum atomic E-state index is 12.9. The molecule has 2 aliphatic rings. The first-order valence-corrected chi connectivity index (χ1v) is 8.30. The first-order valence-electron chi connectivity index (χ1n) is 8.30. The van der Waals surface area contributed by atoms with Gasteiger partial charge in [0.2, 0.25) is 0 Å². The van der Waals surface area contributed by atoms with E-state index in [1.54, 1.807) is 0 Å². The lowest BCUT2D eigenvalue weighted by Gasteiger charge is -2.30. The Balaban J connectivity index is 1.65.